The van der Waals surface area contributed by atoms with Gasteiger partial charge in [-0.1, -0.05) is 29.3 Å². The number of carbonyl (C=O) groups is 1. The zero-order valence-corrected chi connectivity index (χ0v) is 19.0. The minimum atomic E-state index is -3.98. The standard InChI is InChI=1S/C7H6Cl2N2O.C6H5ClNO3S.K/c8-4-2-1-3-5(6(4)9)11-7(10)12;7-4-2-1-3-5(9)6(4)12(8,10)11;/h1-3H,(H3,10,11,12);1-2,9H,(H2,8,10,11);/q;-1;+1. The van der Waals surface area contributed by atoms with Crippen molar-refractivity contribution in [2.75, 3.05) is 5.32 Å². The molecule has 25 heavy (non-hydrogen) atoms. The van der Waals surface area contributed by atoms with E-state index in [1.54, 1.807) is 18.2 Å². The van der Waals surface area contributed by atoms with Crippen LogP contribution in [0, 0.1) is 6.07 Å². The summed E-state index contributed by atoms with van der Waals surface area (Å²) in [4.78, 5) is 9.95. The molecule has 0 radical (unpaired) electrons. The van der Waals surface area contributed by atoms with Gasteiger partial charge in [-0.25, -0.2) is 18.4 Å². The van der Waals surface area contributed by atoms with Crippen LogP contribution in [0.25, 0.3) is 0 Å². The Morgan fingerprint density at radius 2 is 1.76 bits per heavy atom. The first-order valence-electron chi connectivity index (χ1n) is 5.96. The molecule has 0 saturated heterocycles. The molecular formula is C13H11Cl3KN3O4S. The number of sulfonamides is 1. The fraction of sp³-hybridized carbons (Fsp3) is 0. The number of carbonyl (C=O) groups excluding carboxylic acids is 1. The van der Waals surface area contributed by atoms with Gasteiger partial charge in [0, 0.05) is 10.6 Å². The van der Waals surface area contributed by atoms with Crippen LogP contribution in [-0.4, -0.2) is 19.6 Å². The van der Waals surface area contributed by atoms with Gasteiger partial charge in [-0.2, -0.15) is 12.1 Å². The van der Waals surface area contributed by atoms with Crippen molar-refractivity contribution in [2.45, 2.75) is 4.90 Å². The first kappa shape index (κ1) is 24.9. The third kappa shape index (κ3) is 8.00. The first-order valence-corrected chi connectivity index (χ1v) is 8.64. The molecule has 0 aliphatic carbocycles. The van der Waals surface area contributed by atoms with Crippen LogP contribution >= 0.6 is 34.8 Å². The molecule has 0 aliphatic heterocycles. The Morgan fingerprint density at radius 3 is 2.20 bits per heavy atom. The van der Waals surface area contributed by atoms with Gasteiger partial charge in [0.2, 0.25) is 0 Å². The second-order valence-electron chi connectivity index (χ2n) is 4.14. The molecule has 0 spiro atoms. The second kappa shape index (κ2) is 10.9. The van der Waals surface area contributed by atoms with Gasteiger partial charge in [0.25, 0.3) is 0 Å². The Hall–Kier alpha value is -0.0736. The van der Waals surface area contributed by atoms with Gasteiger partial charge in [-0.05, 0) is 17.2 Å². The summed E-state index contributed by atoms with van der Waals surface area (Å²) < 4.78 is 21.6. The van der Waals surface area contributed by atoms with E-state index in [-0.39, 0.29) is 61.4 Å². The number of nitrogens with one attached hydrogen (secondary N) is 1. The Labute approximate surface area is 202 Å². The zero-order chi connectivity index (χ0) is 18.5. The predicted octanol–water partition coefficient (Wildman–Crippen LogP) is -0.0188. The molecule has 6 N–H and O–H groups in total. The van der Waals surface area contributed by atoms with Crippen molar-refractivity contribution < 1.29 is 69.7 Å². The first-order chi connectivity index (χ1) is 11.0. The van der Waals surface area contributed by atoms with Gasteiger partial charge in [-0.3, -0.25) is 0 Å². The maximum absolute atomic E-state index is 10.8. The van der Waals surface area contributed by atoms with E-state index in [2.05, 4.69) is 11.4 Å². The summed E-state index contributed by atoms with van der Waals surface area (Å²) in [5, 5.41) is 16.7. The number of phenols is 1. The minimum Gasteiger partial charge on any atom is -0.533 e. The van der Waals surface area contributed by atoms with E-state index < -0.39 is 26.7 Å². The van der Waals surface area contributed by atoms with Crippen LogP contribution in [0.4, 0.5) is 10.5 Å². The van der Waals surface area contributed by atoms with Gasteiger partial charge >= 0.3 is 57.4 Å². The number of primary sulfonamides is 1. The SMILES string of the molecule is NC(=O)Nc1cccc(Cl)c1Cl.NS(=O)(=O)c1c(O)[c-]ccc1Cl.[K+]. The molecule has 0 saturated carbocycles. The summed E-state index contributed by atoms with van der Waals surface area (Å²) in [5.41, 5.74) is 5.31. The molecule has 2 amide bonds. The van der Waals surface area contributed by atoms with Crippen LogP contribution in [0.5, 0.6) is 5.75 Å². The Kier molecular flexibility index (Phi) is 10.9. The predicted molar refractivity (Wildman–Crippen MR) is 93.0 cm³/mol. The quantitative estimate of drug-likeness (QED) is 0.378. The van der Waals surface area contributed by atoms with E-state index in [9.17, 15) is 13.2 Å². The van der Waals surface area contributed by atoms with E-state index in [1.807, 2.05) is 0 Å². The fourth-order valence-corrected chi connectivity index (χ4v) is 2.94. The van der Waals surface area contributed by atoms with E-state index in [4.69, 9.17) is 50.8 Å². The molecule has 0 aliphatic rings. The van der Waals surface area contributed by atoms with Crippen LogP contribution in [0.3, 0.4) is 0 Å². The van der Waals surface area contributed by atoms with Gasteiger partial charge in [-0.15, -0.1) is 17.7 Å². The van der Waals surface area contributed by atoms with Gasteiger partial charge in [0.05, 0.1) is 15.7 Å². The zero-order valence-electron chi connectivity index (χ0n) is 12.8. The minimum absolute atomic E-state index is 0. The topological polar surface area (TPSA) is 136 Å². The molecule has 2 aromatic carbocycles. The maximum Gasteiger partial charge on any atom is 1.00 e. The molecule has 0 unspecified atom stereocenters. The molecule has 2 aromatic rings. The third-order valence-electron chi connectivity index (χ3n) is 2.38. The van der Waals surface area contributed by atoms with Crippen molar-refractivity contribution in [3.63, 3.8) is 0 Å². The van der Waals surface area contributed by atoms with Gasteiger partial charge in [0.15, 0.2) is 10.0 Å². The van der Waals surface area contributed by atoms with E-state index in [1.165, 1.54) is 12.1 Å². The van der Waals surface area contributed by atoms with Gasteiger partial charge in [0.1, 0.15) is 0 Å². The molecule has 0 fully saturated rings. The smallest absolute Gasteiger partial charge is 0.533 e. The average molecular weight is 451 g/mol. The normalized spacial score (nSPS) is 10.1. The summed E-state index contributed by atoms with van der Waals surface area (Å²) in [5.74, 6) is -0.565. The second-order valence-corrected chi connectivity index (χ2v) is 6.83. The average Bonchev–Trinajstić information content (AvgIpc) is 2.42. The number of rotatable bonds is 2. The van der Waals surface area contributed by atoms with Crippen molar-refractivity contribution in [2.24, 2.45) is 10.9 Å². The molecule has 0 atom stereocenters. The number of benzene rings is 2. The van der Waals surface area contributed by atoms with Crippen molar-refractivity contribution in [1.29, 1.82) is 0 Å². The van der Waals surface area contributed by atoms with Crippen molar-refractivity contribution in [3.05, 3.63) is 51.5 Å². The van der Waals surface area contributed by atoms with Crippen molar-refractivity contribution >= 4 is 56.5 Å². The van der Waals surface area contributed by atoms with Gasteiger partial charge < -0.3 is 16.2 Å². The molecule has 0 bridgehead atoms. The number of urea groups is 1. The molecule has 12 heteroatoms. The van der Waals surface area contributed by atoms with E-state index in [0.717, 1.165) is 0 Å². The molecule has 2 rings (SSSR count). The Bertz CT molecular complexity index is 845. The summed E-state index contributed by atoms with van der Waals surface area (Å²) >= 11 is 16.9. The van der Waals surface area contributed by atoms with E-state index >= 15 is 0 Å². The molecule has 0 aromatic heterocycles. The van der Waals surface area contributed by atoms with Crippen LogP contribution in [0.15, 0.2) is 35.2 Å². The molecule has 130 valence electrons. The fourth-order valence-electron chi connectivity index (χ4n) is 1.45. The van der Waals surface area contributed by atoms with Crippen molar-refractivity contribution in [3.8, 4) is 5.75 Å². The summed E-state index contributed by atoms with van der Waals surface area (Å²) in [6, 6.07) is 9.07. The summed E-state index contributed by atoms with van der Waals surface area (Å²) in [7, 11) is -3.98. The number of amides is 2. The number of primary amides is 1. The number of phenolic OH excluding ortho intramolecular Hbond substituents is 1. The number of anilines is 1. The Morgan fingerprint density at radius 1 is 1.16 bits per heavy atom. The largest absolute Gasteiger partial charge is 1.00 e. The summed E-state index contributed by atoms with van der Waals surface area (Å²) in [6.45, 7) is 0. The number of hydrogen-bond acceptors (Lipinski definition) is 4. The molecular weight excluding hydrogens is 440 g/mol. The third-order valence-corrected chi connectivity index (χ3v) is 4.60. The number of hydrogen-bond donors (Lipinski definition) is 4. The Balaban J connectivity index is 0.000000443. The van der Waals surface area contributed by atoms with Crippen LogP contribution in [0.1, 0.15) is 0 Å². The maximum atomic E-state index is 10.8. The van der Waals surface area contributed by atoms with Crippen LogP contribution in [-0.2, 0) is 10.0 Å². The van der Waals surface area contributed by atoms with Crippen LogP contribution < -0.4 is 67.6 Å². The molecule has 0 heterocycles. The number of aromatic hydroxyl groups is 1. The van der Waals surface area contributed by atoms with Crippen molar-refractivity contribution in [1.82, 2.24) is 0 Å². The summed E-state index contributed by atoms with van der Waals surface area (Å²) in [6.07, 6.45) is 0. The van der Waals surface area contributed by atoms with Crippen LogP contribution in [0.2, 0.25) is 15.1 Å². The molecule has 7 nitrogen and oxygen atoms in total. The van der Waals surface area contributed by atoms with E-state index in [0.29, 0.717) is 10.7 Å². The number of halogens is 3. The monoisotopic (exact) mass is 449 g/mol. The number of nitrogens with two attached hydrogens (primary N) is 2.